The first-order valence-corrected chi connectivity index (χ1v) is 12.7. The minimum atomic E-state index is -0.0504. The second-order valence-corrected chi connectivity index (χ2v) is 11.8. The molecule has 36 heavy (non-hydrogen) atoms. The summed E-state index contributed by atoms with van der Waals surface area (Å²) in [6.45, 7) is 27.4. The van der Waals surface area contributed by atoms with Crippen molar-refractivity contribution in [2.45, 2.75) is 134 Å². The van der Waals surface area contributed by atoms with Crippen LogP contribution in [0.1, 0.15) is 124 Å². The fourth-order valence-electron chi connectivity index (χ4n) is 4.41. The second kappa shape index (κ2) is 13.4. The van der Waals surface area contributed by atoms with Crippen LogP contribution in [0.25, 0.3) is 0 Å². The third kappa shape index (κ3) is 8.18. The lowest BCUT2D eigenvalue weighted by Crippen LogP contribution is -2.33. The van der Waals surface area contributed by atoms with E-state index in [1.807, 2.05) is 32.0 Å². The molecular formula is C33H58O3. The quantitative estimate of drug-likeness (QED) is 0.421. The van der Waals surface area contributed by atoms with Crippen LogP contribution >= 0.6 is 0 Å². The molecule has 0 bridgehead atoms. The Hall–Kier alpha value is -2.16. The molecule has 1 N–H and O–H groups in total. The number of methoxy groups -OCH3 is 1. The summed E-state index contributed by atoms with van der Waals surface area (Å²) in [5, 5.41) is 10.3. The standard InChI is InChI=1S/C15H22O2.C14H22O.C2H6.2CH4/c1-9-10(2)14-12(11(3)13(9)16-6)7-8-15(4,5)17-14;1-13(2,3)10-8-7-9-11(12(10)15)14(4,5)6;1-2;;/h7-8H2,1-6H3;7-9,15H,1-6H3;1-2H3;2*1H4. The predicted octanol–water partition coefficient (Wildman–Crippen LogP) is 10.0. The fourth-order valence-corrected chi connectivity index (χ4v) is 4.41. The second-order valence-electron chi connectivity index (χ2n) is 11.8. The van der Waals surface area contributed by atoms with Crippen LogP contribution in [-0.2, 0) is 17.3 Å². The topological polar surface area (TPSA) is 38.7 Å². The van der Waals surface area contributed by atoms with Crippen LogP contribution in [-0.4, -0.2) is 17.8 Å². The number of rotatable bonds is 1. The Morgan fingerprint density at radius 1 is 0.833 bits per heavy atom. The molecule has 0 fully saturated rings. The molecule has 2 aromatic carbocycles. The van der Waals surface area contributed by atoms with E-state index in [2.05, 4.69) is 76.2 Å². The Kier molecular flexibility index (Phi) is 13.4. The highest BCUT2D eigenvalue weighted by atomic mass is 16.5. The third-order valence-corrected chi connectivity index (χ3v) is 6.52. The first-order valence-electron chi connectivity index (χ1n) is 12.7. The minimum absolute atomic E-state index is 0. The van der Waals surface area contributed by atoms with Crippen LogP contribution in [0.4, 0.5) is 0 Å². The van der Waals surface area contributed by atoms with E-state index in [1.165, 1.54) is 22.3 Å². The number of aromatic hydroxyl groups is 1. The Labute approximate surface area is 224 Å². The summed E-state index contributed by atoms with van der Waals surface area (Å²) in [5.41, 5.74) is 6.95. The summed E-state index contributed by atoms with van der Waals surface area (Å²) in [7, 11) is 1.74. The van der Waals surface area contributed by atoms with Gasteiger partial charge in [-0.25, -0.2) is 0 Å². The zero-order chi connectivity index (χ0) is 26.6. The Morgan fingerprint density at radius 2 is 1.28 bits per heavy atom. The van der Waals surface area contributed by atoms with Crippen molar-refractivity contribution in [3.63, 3.8) is 0 Å². The number of benzene rings is 2. The van der Waals surface area contributed by atoms with Gasteiger partial charge in [-0.15, -0.1) is 0 Å². The first-order chi connectivity index (χ1) is 15.5. The molecule has 0 saturated carbocycles. The van der Waals surface area contributed by atoms with Gasteiger partial charge in [-0.2, -0.15) is 0 Å². The van der Waals surface area contributed by atoms with Crippen molar-refractivity contribution in [3.05, 3.63) is 51.6 Å². The smallest absolute Gasteiger partial charge is 0.127 e. The Balaban J connectivity index is 0. The maximum atomic E-state index is 10.3. The molecule has 3 rings (SSSR count). The molecule has 3 heteroatoms. The van der Waals surface area contributed by atoms with Crippen LogP contribution in [0.2, 0.25) is 0 Å². The molecule has 0 unspecified atom stereocenters. The molecule has 3 nitrogen and oxygen atoms in total. The van der Waals surface area contributed by atoms with Gasteiger partial charge < -0.3 is 14.6 Å². The van der Waals surface area contributed by atoms with Crippen molar-refractivity contribution >= 4 is 0 Å². The average molecular weight is 503 g/mol. The predicted molar refractivity (Wildman–Crippen MR) is 161 cm³/mol. The molecule has 208 valence electrons. The van der Waals surface area contributed by atoms with Crippen LogP contribution in [0, 0.1) is 20.8 Å². The summed E-state index contributed by atoms with van der Waals surface area (Å²) in [4.78, 5) is 0. The summed E-state index contributed by atoms with van der Waals surface area (Å²) in [5.74, 6) is 2.55. The van der Waals surface area contributed by atoms with Gasteiger partial charge in [-0.1, -0.05) is 88.4 Å². The molecule has 0 amide bonds. The molecule has 0 saturated heterocycles. The lowest BCUT2D eigenvalue weighted by molar-refractivity contribution is 0.0831. The molecule has 0 aromatic heterocycles. The molecule has 0 aliphatic carbocycles. The number of hydrogen-bond acceptors (Lipinski definition) is 3. The first kappa shape index (κ1) is 36.0. The number of ether oxygens (including phenoxy) is 2. The van der Waals surface area contributed by atoms with Gasteiger partial charge >= 0.3 is 0 Å². The lowest BCUT2D eigenvalue weighted by Gasteiger charge is -2.35. The Morgan fingerprint density at radius 3 is 1.67 bits per heavy atom. The van der Waals surface area contributed by atoms with Crippen molar-refractivity contribution in [1.82, 2.24) is 0 Å². The number of para-hydroxylation sites is 1. The summed E-state index contributed by atoms with van der Waals surface area (Å²) in [6.07, 6.45) is 2.14. The summed E-state index contributed by atoms with van der Waals surface area (Å²) in [6, 6.07) is 6.04. The zero-order valence-corrected chi connectivity index (χ0v) is 24.4. The third-order valence-electron chi connectivity index (χ3n) is 6.52. The fraction of sp³-hybridized carbons (Fsp3) is 0.636. The van der Waals surface area contributed by atoms with E-state index in [0.717, 1.165) is 35.5 Å². The van der Waals surface area contributed by atoms with Crippen LogP contribution in [0.5, 0.6) is 17.2 Å². The van der Waals surface area contributed by atoms with Crippen molar-refractivity contribution in [2.24, 2.45) is 0 Å². The molecule has 0 radical (unpaired) electrons. The molecule has 1 heterocycles. The molecule has 1 aliphatic heterocycles. The number of phenolic OH excluding ortho intramolecular Hbond substituents is 1. The highest BCUT2D eigenvalue weighted by Crippen LogP contribution is 2.43. The van der Waals surface area contributed by atoms with E-state index >= 15 is 0 Å². The van der Waals surface area contributed by atoms with Gasteiger partial charge in [-0.3, -0.25) is 0 Å². The molecule has 2 aromatic rings. The maximum Gasteiger partial charge on any atom is 0.127 e. The number of phenols is 1. The molecule has 0 atom stereocenters. The van der Waals surface area contributed by atoms with E-state index in [1.54, 1.807) is 7.11 Å². The Bertz CT molecular complexity index is 938. The SMILES string of the molecule is C.C.CC.CC(C)(C)c1cccc(C(C)(C)C)c1O.COc1c(C)c(C)c2c(c1C)CCC(C)(C)O2. The summed E-state index contributed by atoms with van der Waals surface area (Å²) >= 11 is 0. The maximum absolute atomic E-state index is 10.3. The zero-order valence-electron chi connectivity index (χ0n) is 24.4. The minimum Gasteiger partial charge on any atom is -0.507 e. The van der Waals surface area contributed by atoms with Crippen molar-refractivity contribution in [1.29, 1.82) is 0 Å². The van der Waals surface area contributed by atoms with Gasteiger partial charge in [0.25, 0.3) is 0 Å². The van der Waals surface area contributed by atoms with Gasteiger partial charge in [0.1, 0.15) is 22.8 Å². The monoisotopic (exact) mass is 502 g/mol. The van der Waals surface area contributed by atoms with Crippen LogP contribution in [0.15, 0.2) is 18.2 Å². The van der Waals surface area contributed by atoms with Gasteiger partial charge in [0.2, 0.25) is 0 Å². The molecule has 0 spiro atoms. The van der Waals surface area contributed by atoms with Crippen molar-refractivity contribution in [3.8, 4) is 17.2 Å². The highest BCUT2D eigenvalue weighted by Gasteiger charge is 2.31. The van der Waals surface area contributed by atoms with E-state index in [4.69, 9.17) is 9.47 Å². The van der Waals surface area contributed by atoms with Gasteiger partial charge in [-0.05, 0) is 86.1 Å². The van der Waals surface area contributed by atoms with E-state index in [9.17, 15) is 5.11 Å². The lowest BCUT2D eigenvalue weighted by atomic mass is 9.80. The average Bonchev–Trinajstić information content (AvgIpc) is 2.72. The summed E-state index contributed by atoms with van der Waals surface area (Å²) < 4.78 is 11.7. The van der Waals surface area contributed by atoms with Gasteiger partial charge in [0, 0.05) is 5.56 Å². The number of hydrogen-bond donors (Lipinski definition) is 1. The largest absolute Gasteiger partial charge is 0.507 e. The van der Waals surface area contributed by atoms with Crippen LogP contribution in [0.3, 0.4) is 0 Å². The van der Waals surface area contributed by atoms with Crippen molar-refractivity contribution in [2.75, 3.05) is 7.11 Å². The molecule has 1 aliphatic rings. The van der Waals surface area contributed by atoms with Gasteiger partial charge in [0.05, 0.1) is 7.11 Å². The number of fused-ring (bicyclic) bond motifs is 1. The van der Waals surface area contributed by atoms with Gasteiger partial charge in [0.15, 0.2) is 0 Å². The van der Waals surface area contributed by atoms with E-state index in [-0.39, 0.29) is 31.3 Å². The van der Waals surface area contributed by atoms with E-state index in [0.29, 0.717) is 5.75 Å². The normalized spacial score (nSPS) is 13.7. The van der Waals surface area contributed by atoms with Crippen molar-refractivity contribution < 1.29 is 14.6 Å². The van der Waals surface area contributed by atoms with E-state index < -0.39 is 0 Å². The molecular weight excluding hydrogens is 444 g/mol. The van der Waals surface area contributed by atoms with Crippen LogP contribution < -0.4 is 9.47 Å². The highest BCUT2D eigenvalue weighted by molar-refractivity contribution is 5.58.